The molecule has 0 aliphatic heterocycles. The van der Waals surface area contributed by atoms with E-state index in [1.54, 1.807) is 45.3 Å². The van der Waals surface area contributed by atoms with E-state index >= 15 is 0 Å². The summed E-state index contributed by atoms with van der Waals surface area (Å²) >= 11 is 0. The second kappa shape index (κ2) is 9.18. The normalized spacial score (nSPS) is 11.7. The molecule has 1 heterocycles. The van der Waals surface area contributed by atoms with E-state index in [0.717, 1.165) is 11.3 Å². The standard InChI is InChI=1S/C21H22FN3O4/c1-4-17(28-18-8-6-5-7-16(18)22)21(26)25(2)13-19-23-20(24-29-19)14-9-11-15(27-3)12-10-14/h5-12,17H,4,13H2,1-3H3. The Morgan fingerprint density at radius 2 is 1.93 bits per heavy atom. The molecule has 1 atom stereocenters. The van der Waals surface area contributed by atoms with Crippen molar-refractivity contribution in [3.63, 3.8) is 0 Å². The predicted octanol–water partition coefficient (Wildman–Crippen LogP) is 3.70. The molecule has 0 aliphatic rings. The molecule has 1 unspecified atom stereocenters. The van der Waals surface area contributed by atoms with Crippen LogP contribution in [0.5, 0.6) is 11.5 Å². The fourth-order valence-corrected chi connectivity index (χ4v) is 2.70. The number of carbonyl (C=O) groups is 1. The number of para-hydroxylation sites is 1. The van der Waals surface area contributed by atoms with Gasteiger partial charge in [0.1, 0.15) is 5.75 Å². The topological polar surface area (TPSA) is 77.7 Å². The third-order valence-corrected chi connectivity index (χ3v) is 4.32. The molecule has 0 aliphatic carbocycles. The molecule has 0 bridgehead atoms. The minimum Gasteiger partial charge on any atom is -0.497 e. The number of methoxy groups -OCH3 is 1. The molecule has 1 amide bonds. The van der Waals surface area contributed by atoms with E-state index in [4.69, 9.17) is 14.0 Å². The van der Waals surface area contributed by atoms with Crippen LogP contribution in [0.1, 0.15) is 19.2 Å². The average molecular weight is 399 g/mol. The van der Waals surface area contributed by atoms with E-state index in [2.05, 4.69) is 10.1 Å². The maximum atomic E-state index is 13.8. The first kappa shape index (κ1) is 20.3. The number of ether oxygens (including phenoxy) is 2. The molecule has 1 aromatic heterocycles. The summed E-state index contributed by atoms with van der Waals surface area (Å²) in [5.74, 6) is 0.650. The van der Waals surface area contributed by atoms with Crippen molar-refractivity contribution < 1.29 is 23.2 Å². The molecule has 29 heavy (non-hydrogen) atoms. The second-order valence-corrected chi connectivity index (χ2v) is 6.38. The summed E-state index contributed by atoms with van der Waals surface area (Å²) in [7, 11) is 3.20. The Morgan fingerprint density at radius 1 is 1.21 bits per heavy atom. The van der Waals surface area contributed by atoms with Gasteiger partial charge in [0.2, 0.25) is 11.7 Å². The highest BCUT2D eigenvalue weighted by atomic mass is 19.1. The Kier molecular flexibility index (Phi) is 6.43. The van der Waals surface area contributed by atoms with Crippen molar-refractivity contribution >= 4 is 5.91 Å². The lowest BCUT2D eigenvalue weighted by atomic mass is 10.2. The summed E-state index contributed by atoms with van der Waals surface area (Å²) in [4.78, 5) is 18.5. The van der Waals surface area contributed by atoms with E-state index in [1.165, 1.54) is 17.0 Å². The number of aromatic nitrogens is 2. The SMILES string of the molecule is CCC(Oc1ccccc1F)C(=O)N(C)Cc1nc(-c2ccc(OC)cc2)no1. The Morgan fingerprint density at radius 3 is 2.59 bits per heavy atom. The number of carbonyl (C=O) groups excluding carboxylic acids is 1. The molecule has 8 heteroatoms. The zero-order chi connectivity index (χ0) is 20.8. The Labute approximate surface area is 168 Å². The summed E-state index contributed by atoms with van der Waals surface area (Å²) in [6, 6.07) is 13.2. The molecule has 0 saturated heterocycles. The summed E-state index contributed by atoms with van der Waals surface area (Å²) < 4.78 is 29.8. The van der Waals surface area contributed by atoms with E-state index < -0.39 is 11.9 Å². The summed E-state index contributed by atoms with van der Waals surface area (Å²) in [6.07, 6.45) is -0.431. The maximum Gasteiger partial charge on any atom is 0.263 e. The summed E-state index contributed by atoms with van der Waals surface area (Å²) in [6.45, 7) is 1.91. The van der Waals surface area contributed by atoms with Gasteiger partial charge < -0.3 is 18.9 Å². The highest BCUT2D eigenvalue weighted by Gasteiger charge is 2.25. The van der Waals surface area contributed by atoms with Gasteiger partial charge in [-0.2, -0.15) is 4.98 Å². The van der Waals surface area contributed by atoms with Gasteiger partial charge in [-0.1, -0.05) is 24.2 Å². The van der Waals surface area contributed by atoms with Crippen LogP contribution >= 0.6 is 0 Å². The lowest BCUT2D eigenvalue weighted by Crippen LogP contribution is -2.39. The van der Waals surface area contributed by atoms with Crippen LogP contribution in [0.2, 0.25) is 0 Å². The number of benzene rings is 2. The Bertz CT molecular complexity index is 959. The van der Waals surface area contributed by atoms with E-state index in [9.17, 15) is 9.18 Å². The summed E-state index contributed by atoms with van der Waals surface area (Å²) in [5, 5.41) is 3.95. The zero-order valence-electron chi connectivity index (χ0n) is 16.5. The molecule has 152 valence electrons. The fraction of sp³-hybridized carbons (Fsp3) is 0.286. The Balaban J connectivity index is 1.65. The van der Waals surface area contributed by atoms with Crippen molar-refractivity contribution in [1.82, 2.24) is 15.0 Å². The van der Waals surface area contributed by atoms with Crippen LogP contribution in [0.4, 0.5) is 4.39 Å². The second-order valence-electron chi connectivity index (χ2n) is 6.38. The Hall–Kier alpha value is -3.42. The molecule has 7 nitrogen and oxygen atoms in total. The number of amides is 1. The molecule has 3 rings (SSSR count). The minimum absolute atomic E-state index is 0.0423. The van der Waals surface area contributed by atoms with Gasteiger partial charge in [-0.25, -0.2) is 4.39 Å². The molecular weight excluding hydrogens is 377 g/mol. The van der Waals surface area contributed by atoms with Crippen molar-refractivity contribution in [2.75, 3.05) is 14.2 Å². The minimum atomic E-state index is -0.819. The quantitative estimate of drug-likeness (QED) is 0.575. The summed E-state index contributed by atoms with van der Waals surface area (Å²) in [5.41, 5.74) is 0.768. The molecule has 0 radical (unpaired) electrons. The van der Waals surface area contributed by atoms with Crippen molar-refractivity contribution in [2.45, 2.75) is 26.0 Å². The molecule has 0 spiro atoms. The molecule has 0 fully saturated rings. The first-order chi connectivity index (χ1) is 14.0. The molecule has 0 saturated carbocycles. The maximum absolute atomic E-state index is 13.8. The van der Waals surface area contributed by atoms with Gasteiger partial charge in [0.05, 0.1) is 13.7 Å². The highest BCUT2D eigenvalue weighted by molar-refractivity contribution is 5.81. The zero-order valence-corrected chi connectivity index (χ0v) is 16.5. The van der Waals surface area contributed by atoms with Gasteiger partial charge in [-0.15, -0.1) is 0 Å². The number of rotatable bonds is 8. The molecule has 2 aromatic carbocycles. The van der Waals surface area contributed by atoms with Crippen molar-refractivity contribution in [3.05, 3.63) is 60.2 Å². The van der Waals surface area contributed by atoms with Crippen LogP contribution in [0, 0.1) is 5.82 Å². The monoisotopic (exact) mass is 399 g/mol. The van der Waals surface area contributed by atoms with Crippen LogP contribution in [-0.2, 0) is 11.3 Å². The number of hydrogen-bond donors (Lipinski definition) is 0. The van der Waals surface area contributed by atoms with Crippen LogP contribution < -0.4 is 9.47 Å². The van der Waals surface area contributed by atoms with Gasteiger partial charge in [0.25, 0.3) is 5.91 Å². The third kappa shape index (κ3) is 4.90. The first-order valence-corrected chi connectivity index (χ1v) is 9.15. The molecular formula is C21H22FN3O4. The first-order valence-electron chi connectivity index (χ1n) is 9.15. The average Bonchev–Trinajstić information content (AvgIpc) is 3.21. The number of halogens is 1. The number of nitrogens with zero attached hydrogens (tertiary/aromatic N) is 3. The third-order valence-electron chi connectivity index (χ3n) is 4.32. The van der Waals surface area contributed by atoms with Gasteiger partial charge >= 0.3 is 0 Å². The number of hydrogen-bond acceptors (Lipinski definition) is 6. The van der Waals surface area contributed by atoms with Crippen molar-refractivity contribution in [3.8, 4) is 22.9 Å². The largest absolute Gasteiger partial charge is 0.497 e. The van der Waals surface area contributed by atoms with E-state index in [-0.39, 0.29) is 24.1 Å². The van der Waals surface area contributed by atoms with E-state index in [0.29, 0.717) is 12.2 Å². The van der Waals surface area contributed by atoms with Gasteiger partial charge in [0.15, 0.2) is 17.7 Å². The van der Waals surface area contributed by atoms with Crippen LogP contribution in [-0.4, -0.2) is 41.2 Å². The molecule has 0 N–H and O–H groups in total. The predicted molar refractivity (Wildman–Crippen MR) is 104 cm³/mol. The van der Waals surface area contributed by atoms with E-state index in [1.807, 2.05) is 12.1 Å². The number of likely N-dealkylation sites (N-methyl/N-ethyl adjacent to an activating group) is 1. The van der Waals surface area contributed by atoms with Gasteiger partial charge in [0, 0.05) is 12.6 Å². The highest BCUT2D eigenvalue weighted by Crippen LogP contribution is 2.21. The fourth-order valence-electron chi connectivity index (χ4n) is 2.70. The van der Waals surface area contributed by atoms with Crippen molar-refractivity contribution in [2.24, 2.45) is 0 Å². The smallest absolute Gasteiger partial charge is 0.263 e. The van der Waals surface area contributed by atoms with Gasteiger partial charge in [-0.3, -0.25) is 4.79 Å². The lowest BCUT2D eigenvalue weighted by Gasteiger charge is -2.22. The lowest BCUT2D eigenvalue weighted by molar-refractivity contribution is -0.138. The van der Waals surface area contributed by atoms with Crippen LogP contribution in [0.15, 0.2) is 53.1 Å². The van der Waals surface area contributed by atoms with Crippen LogP contribution in [0.3, 0.4) is 0 Å². The molecule has 3 aromatic rings. The van der Waals surface area contributed by atoms with Crippen LogP contribution in [0.25, 0.3) is 11.4 Å². The van der Waals surface area contributed by atoms with Crippen molar-refractivity contribution in [1.29, 1.82) is 0 Å². The van der Waals surface area contributed by atoms with Gasteiger partial charge in [-0.05, 0) is 42.8 Å².